The summed E-state index contributed by atoms with van der Waals surface area (Å²) in [6.45, 7) is 6.08. The number of phenols is 1. The van der Waals surface area contributed by atoms with Gasteiger partial charge in [-0.25, -0.2) is 5.10 Å². The van der Waals surface area contributed by atoms with E-state index in [4.69, 9.17) is 17.3 Å². The second-order valence-electron chi connectivity index (χ2n) is 8.50. The number of piperidine rings is 1. The number of anilines is 4. The summed E-state index contributed by atoms with van der Waals surface area (Å²) in [6.07, 6.45) is 1.97. The molecule has 0 saturated carbocycles. The highest BCUT2D eigenvalue weighted by atomic mass is 35.5. The minimum Gasteiger partial charge on any atom is -0.507 e. The van der Waals surface area contributed by atoms with Crippen LogP contribution in [0, 0.1) is 13.8 Å². The summed E-state index contributed by atoms with van der Waals surface area (Å²) in [5.41, 5.74) is 10.6. The first-order valence-corrected chi connectivity index (χ1v) is 11.5. The normalized spacial score (nSPS) is 14.3. The van der Waals surface area contributed by atoms with Gasteiger partial charge in [0.15, 0.2) is 11.4 Å². The Morgan fingerprint density at radius 2 is 1.85 bits per heavy atom. The van der Waals surface area contributed by atoms with Crippen LogP contribution < -0.4 is 26.4 Å². The maximum atomic E-state index is 12.2. The van der Waals surface area contributed by atoms with Crippen molar-refractivity contribution in [1.82, 2.24) is 5.10 Å². The highest BCUT2D eigenvalue weighted by molar-refractivity contribution is 6.20. The summed E-state index contributed by atoms with van der Waals surface area (Å²) in [4.78, 5) is 14.5. The van der Waals surface area contributed by atoms with Crippen molar-refractivity contribution in [1.29, 1.82) is 0 Å². The first kappa shape index (κ1) is 22.8. The third kappa shape index (κ3) is 5.17. The van der Waals surface area contributed by atoms with Crippen LogP contribution >= 0.6 is 11.6 Å². The predicted molar refractivity (Wildman–Crippen MR) is 132 cm³/mol. The van der Waals surface area contributed by atoms with Crippen LogP contribution in [-0.2, 0) is 6.54 Å². The highest BCUT2D eigenvalue weighted by Crippen LogP contribution is 2.27. The number of halogens is 1. The van der Waals surface area contributed by atoms with E-state index in [1.54, 1.807) is 0 Å². The lowest BCUT2D eigenvalue weighted by Gasteiger charge is -2.31. The molecule has 3 aromatic rings. The van der Waals surface area contributed by atoms with Gasteiger partial charge in [0, 0.05) is 29.8 Å². The van der Waals surface area contributed by atoms with Crippen molar-refractivity contribution in [2.45, 2.75) is 38.6 Å². The van der Waals surface area contributed by atoms with Crippen molar-refractivity contribution in [2.75, 3.05) is 28.6 Å². The largest absolute Gasteiger partial charge is 0.507 e. The molecule has 33 heavy (non-hydrogen) atoms. The number of hydrogen-bond acceptors (Lipinski definition) is 5. The lowest BCUT2D eigenvalue weighted by molar-refractivity contribution is -0.432. The molecule has 1 fully saturated rings. The number of benzene rings is 2. The monoisotopic (exact) mass is 469 g/mol. The molecule has 1 aromatic heterocycles. The molecule has 0 aliphatic carbocycles. The number of carbonyl (C=O) groups excluding carboxylic acids is 1. The lowest BCUT2D eigenvalue weighted by atomic mass is 10.1. The molecule has 0 atom stereocenters. The van der Waals surface area contributed by atoms with Gasteiger partial charge in [0.05, 0.1) is 0 Å². The van der Waals surface area contributed by atoms with E-state index in [2.05, 4.69) is 37.9 Å². The molecule has 0 bridgehead atoms. The standard InChI is InChI=1S/C24H29ClN6O2/c1-14-11-16(12-15(2)21(14)32)13-27-23-20(22(26)33)24(30-29-23)28-18-3-5-19(6-4-18)31-9-7-17(25)8-10-31/h3-6,11-12,17,32H,7-10,13H2,1-2H3,(H2,26,33)(H3,27,28,29,30)/p+1. The van der Waals surface area contributed by atoms with Gasteiger partial charge in [-0.3, -0.25) is 10.1 Å². The lowest BCUT2D eigenvalue weighted by Crippen LogP contribution is -2.33. The van der Waals surface area contributed by atoms with E-state index in [1.807, 2.05) is 38.1 Å². The topological polar surface area (TPSA) is 121 Å². The van der Waals surface area contributed by atoms with E-state index < -0.39 is 5.91 Å². The second-order valence-corrected chi connectivity index (χ2v) is 9.12. The van der Waals surface area contributed by atoms with Crippen molar-refractivity contribution in [3.8, 4) is 5.75 Å². The first-order chi connectivity index (χ1) is 15.8. The maximum absolute atomic E-state index is 12.2. The number of H-pyrrole nitrogens is 2. The van der Waals surface area contributed by atoms with Gasteiger partial charge in [-0.2, -0.15) is 5.10 Å². The number of alkyl halides is 1. The van der Waals surface area contributed by atoms with Crippen LogP contribution in [0.2, 0.25) is 0 Å². The van der Waals surface area contributed by atoms with E-state index in [0.717, 1.165) is 54.0 Å². The number of nitrogens with one attached hydrogen (secondary N) is 4. The molecular formula is C24H30ClN6O2+. The molecule has 2 aromatic carbocycles. The molecule has 1 aliphatic heterocycles. The Bertz CT molecular complexity index is 1110. The van der Waals surface area contributed by atoms with E-state index >= 15 is 0 Å². The molecule has 7 N–H and O–H groups in total. The number of aromatic amines is 2. The van der Waals surface area contributed by atoms with Crippen molar-refractivity contribution < 1.29 is 15.0 Å². The fraction of sp³-hybridized carbons (Fsp3) is 0.333. The molecule has 174 valence electrons. The molecule has 0 spiro atoms. The molecule has 1 saturated heterocycles. The quantitative estimate of drug-likeness (QED) is 0.337. The first-order valence-electron chi connectivity index (χ1n) is 11.0. The Hall–Kier alpha value is -3.39. The number of aromatic nitrogens is 2. The minimum absolute atomic E-state index is 0.267. The smallest absolute Gasteiger partial charge is 0.308 e. The van der Waals surface area contributed by atoms with Crippen molar-refractivity contribution in [3.05, 3.63) is 58.7 Å². The van der Waals surface area contributed by atoms with Crippen LogP contribution in [0.4, 0.5) is 23.0 Å². The van der Waals surface area contributed by atoms with Gasteiger partial charge in [-0.05, 0) is 79.8 Å². The van der Waals surface area contributed by atoms with Crippen molar-refractivity contribution in [2.24, 2.45) is 5.73 Å². The molecule has 1 amide bonds. The van der Waals surface area contributed by atoms with Crippen LogP contribution in [0.3, 0.4) is 0 Å². The van der Waals surface area contributed by atoms with E-state index in [0.29, 0.717) is 29.5 Å². The van der Waals surface area contributed by atoms with Crippen molar-refractivity contribution in [3.63, 3.8) is 0 Å². The summed E-state index contributed by atoms with van der Waals surface area (Å²) in [5.74, 6) is 0.717. The molecule has 0 unspecified atom stereocenters. The van der Waals surface area contributed by atoms with Crippen LogP contribution in [0.1, 0.15) is 39.9 Å². The number of amides is 1. The number of phenolic OH excluding ortho intramolecular Hbond substituents is 1. The number of nitrogens with two attached hydrogens (primary N) is 1. The van der Waals surface area contributed by atoms with Crippen LogP contribution in [-0.4, -0.2) is 34.6 Å². The van der Waals surface area contributed by atoms with Gasteiger partial charge in [0.1, 0.15) is 12.3 Å². The van der Waals surface area contributed by atoms with Gasteiger partial charge in [-0.1, -0.05) is 0 Å². The zero-order valence-corrected chi connectivity index (χ0v) is 19.6. The van der Waals surface area contributed by atoms with E-state index in [-0.39, 0.29) is 5.38 Å². The molecule has 4 rings (SSSR count). The Balaban J connectivity index is 1.46. The SMILES string of the molecule is Cc1cc(CNc2[nH+][nH]c(Nc3ccc(N4CCC(Cl)CC4)cc3)c2C(N)=O)cc(C)c1O. The predicted octanol–water partition coefficient (Wildman–Crippen LogP) is 3.81. The Labute approximate surface area is 198 Å². The number of hydrogen-bond donors (Lipinski definition) is 5. The second kappa shape index (κ2) is 9.62. The van der Waals surface area contributed by atoms with Gasteiger partial charge in [0.2, 0.25) is 0 Å². The van der Waals surface area contributed by atoms with E-state index in [9.17, 15) is 9.90 Å². The fourth-order valence-corrected chi connectivity index (χ4v) is 4.39. The third-order valence-electron chi connectivity index (χ3n) is 6.01. The average molecular weight is 470 g/mol. The summed E-state index contributed by atoms with van der Waals surface area (Å²) in [7, 11) is 0. The van der Waals surface area contributed by atoms with Gasteiger partial charge >= 0.3 is 5.82 Å². The number of primary amides is 1. The number of nitrogens with zero attached hydrogens (tertiary/aromatic N) is 1. The van der Waals surface area contributed by atoms with Gasteiger partial charge in [0.25, 0.3) is 5.91 Å². The summed E-state index contributed by atoms with van der Waals surface area (Å²) in [5, 5.41) is 22.7. The van der Waals surface area contributed by atoms with Crippen LogP contribution in [0.25, 0.3) is 0 Å². The van der Waals surface area contributed by atoms with Crippen LogP contribution in [0.15, 0.2) is 36.4 Å². The van der Waals surface area contributed by atoms with Gasteiger partial charge in [-0.15, -0.1) is 11.6 Å². The molecule has 2 heterocycles. The molecule has 0 radical (unpaired) electrons. The number of aromatic hydroxyl groups is 1. The minimum atomic E-state index is -0.559. The number of carbonyl (C=O) groups is 1. The van der Waals surface area contributed by atoms with Gasteiger partial charge < -0.3 is 21.1 Å². The average Bonchev–Trinajstić information content (AvgIpc) is 3.19. The van der Waals surface area contributed by atoms with E-state index in [1.165, 1.54) is 0 Å². The summed E-state index contributed by atoms with van der Waals surface area (Å²) in [6, 6.07) is 11.9. The zero-order valence-electron chi connectivity index (χ0n) is 18.8. The summed E-state index contributed by atoms with van der Waals surface area (Å²) < 4.78 is 0. The zero-order chi connectivity index (χ0) is 23.5. The third-order valence-corrected chi connectivity index (χ3v) is 6.44. The highest BCUT2D eigenvalue weighted by Gasteiger charge is 2.24. The molecule has 8 nitrogen and oxygen atoms in total. The number of rotatable bonds is 7. The molecular weight excluding hydrogens is 440 g/mol. The number of aryl methyl sites for hydroxylation is 2. The van der Waals surface area contributed by atoms with Crippen LogP contribution in [0.5, 0.6) is 5.75 Å². The fourth-order valence-electron chi connectivity index (χ4n) is 4.19. The Kier molecular flexibility index (Phi) is 6.65. The molecule has 9 heteroatoms. The molecule has 1 aliphatic rings. The van der Waals surface area contributed by atoms with Crippen molar-refractivity contribution >= 4 is 40.5 Å². The summed E-state index contributed by atoms with van der Waals surface area (Å²) >= 11 is 6.21. The Morgan fingerprint density at radius 1 is 1.21 bits per heavy atom. The Morgan fingerprint density at radius 3 is 2.45 bits per heavy atom. The maximum Gasteiger partial charge on any atom is 0.308 e.